The molecule has 1 aliphatic carbocycles. The Morgan fingerprint density at radius 1 is 1.06 bits per heavy atom. The zero-order valence-corrected chi connectivity index (χ0v) is 18.1. The summed E-state index contributed by atoms with van der Waals surface area (Å²) in [5.74, 6) is 2.34. The molecule has 166 valence electrons. The van der Waals surface area contributed by atoms with E-state index in [1.165, 1.54) is 0 Å². The van der Waals surface area contributed by atoms with E-state index < -0.39 is 24.0 Å². The average molecular weight is 434 g/mol. The Kier molecular flexibility index (Phi) is 7.50. The molecule has 0 saturated carbocycles. The SMILES string of the molecule is CC[C@H](C)[C@H](NC(=O)OCC1c2ccccc2-c2ccccc21)C(=O)NCC#CC(=O)O. The predicted octanol–water partition coefficient (Wildman–Crippen LogP) is 3.14. The van der Waals surface area contributed by atoms with Gasteiger partial charge in [-0.3, -0.25) is 4.79 Å². The van der Waals surface area contributed by atoms with Crippen LogP contribution in [0.5, 0.6) is 0 Å². The maximum Gasteiger partial charge on any atom is 0.407 e. The minimum atomic E-state index is -1.27. The molecular formula is C25H26N2O5. The van der Waals surface area contributed by atoms with Crippen LogP contribution in [0.25, 0.3) is 11.1 Å². The molecule has 0 heterocycles. The smallest absolute Gasteiger partial charge is 0.407 e. The lowest BCUT2D eigenvalue weighted by Crippen LogP contribution is -2.50. The molecule has 2 aromatic carbocycles. The van der Waals surface area contributed by atoms with Crippen molar-refractivity contribution in [2.24, 2.45) is 5.92 Å². The van der Waals surface area contributed by atoms with Gasteiger partial charge < -0.3 is 20.5 Å². The van der Waals surface area contributed by atoms with Gasteiger partial charge in [-0.25, -0.2) is 9.59 Å². The first kappa shape index (κ1) is 22.9. The number of ether oxygens (including phenoxy) is 1. The van der Waals surface area contributed by atoms with Crippen molar-refractivity contribution in [3.05, 3.63) is 59.7 Å². The van der Waals surface area contributed by atoms with Gasteiger partial charge in [0.05, 0.1) is 6.54 Å². The van der Waals surface area contributed by atoms with Gasteiger partial charge in [-0.2, -0.15) is 0 Å². The van der Waals surface area contributed by atoms with E-state index >= 15 is 0 Å². The molecule has 0 aliphatic heterocycles. The largest absolute Gasteiger partial charge is 0.472 e. The molecule has 0 saturated heterocycles. The van der Waals surface area contributed by atoms with Gasteiger partial charge in [0, 0.05) is 11.8 Å². The van der Waals surface area contributed by atoms with Gasteiger partial charge in [0.15, 0.2) is 0 Å². The zero-order chi connectivity index (χ0) is 23.1. The fourth-order valence-corrected chi connectivity index (χ4v) is 3.83. The maximum absolute atomic E-state index is 12.6. The van der Waals surface area contributed by atoms with Crippen molar-refractivity contribution in [1.29, 1.82) is 0 Å². The number of nitrogens with one attached hydrogen (secondary N) is 2. The average Bonchev–Trinajstić information content (AvgIpc) is 3.12. The summed E-state index contributed by atoms with van der Waals surface area (Å²) in [6.07, 6.45) is -0.0216. The third-order valence-electron chi connectivity index (χ3n) is 5.66. The van der Waals surface area contributed by atoms with Crippen molar-refractivity contribution in [3.8, 4) is 23.0 Å². The standard InChI is InChI=1S/C25H26N2O5/c1-3-16(2)23(24(30)26-14-8-13-22(28)29)27-25(31)32-15-21-19-11-6-4-9-17(19)18-10-5-7-12-20(18)21/h4-7,9-12,16,21,23H,3,14-15H2,1-2H3,(H,26,30)(H,27,31)(H,28,29)/t16-,23-/m0/s1. The molecule has 32 heavy (non-hydrogen) atoms. The lowest BCUT2D eigenvalue weighted by molar-refractivity contribution is -0.130. The number of rotatable bonds is 7. The van der Waals surface area contributed by atoms with E-state index in [1.807, 2.05) is 56.2 Å². The van der Waals surface area contributed by atoms with E-state index in [9.17, 15) is 14.4 Å². The third kappa shape index (κ3) is 5.27. The summed E-state index contributed by atoms with van der Waals surface area (Å²) in [5.41, 5.74) is 4.48. The molecule has 0 aromatic heterocycles. The fraction of sp³-hybridized carbons (Fsp3) is 0.320. The summed E-state index contributed by atoms with van der Waals surface area (Å²) in [7, 11) is 0. The Bertz CT molecular complexity index is 1020. The summed E-state index contributed by atoms with van der Waals surface area (Å²) in [6, 6.07) is 15.3. The molecule has 0 bridgehead atoms. The lowest BCUT2D eigenvalue weighted by Gasteiger charge is -2.23. The molecular weight excluding hydrogens is 408 g/mol. The fourth-order valence-electron chi connectivity index (χ4n) is 3.83. The van der Waals surface area contributed by atoms with Gasteiger partial charge in [0.1, 0.15) is 12.6 Å². The highest BCUT2D eigenvalue weighted by atomic mass is 16.5. The lowest BCUT2D eigenvalue weighted by atomic mass is 9.98. The molecule has 7 nitrogen and oxygen atoms in total. The van der Waals surface area contributed by atoms with Crippen LogP contribution in [0, 0.1) is 17.8 Å². The van der Waals surface area contributed by atoms with Crippen molar-refractivity contribution >= 4 is 18.0 Å². The first-order chi connectivity index (χ1) is 15.4. The number of carboxylic acids is 1. The van der Waals surface area contributed by atoms with E-state index in [0.29, 0.717) is 6.42 Å². The molecule has 3 rings (SSSR count). The van der Waals surface area contributed by atoms with Crippen LogP contribution in [0.4, 0.5) is 4.79 Å². The highest BCUT2D eigenvalue weighted by molar-refractivity contribution is 5.88. The van der Waals surface area contributed by atoms with Gasteiger partial charge in [-0.05, 0) is 28.2 Å². The first-order valence-corrected chi connectivity index (χ1v) is 10.5. The second-order valence-corrected chi connectivity index (χ2v) is 7.66. The van der Waals surface area contributed by atoms with Crippen molar-refractivity contribution < 1.29 is 24.2 Å². The van der Waals surface area contributed by atoms with Crippen LogP contribution < -0.4 is 10.6 Å². The van der Waals surface area contributed by atoms with Crippen LogP contribution in [0.3, 0.4) is 0 Å². The minimum absolute atomic E-state index is 0.0738. The van der Waals surface area contributed by atoms with Gasteiger partial charge in [-0.15, -0.1) is 0 Å². The highest BCUT2D eigenvalue weighted by Gasteiger charge is 2.30. The van der Waals surface area contributed by atoms with Gasteiger partial charge in [-0.1, -0.05) is 74.7 Å². The van der Waals surface area contributed by atoms with Crippen LogP contribution in [0.2, 0.25) is 0 Å². The Balaban J connectivity index is 1.64. The number of benzene rings is 2. The number of carboxylic acid groups (broad SMARTS) is 1. The highest BCUT2D eigenvalue weighted by Crippen LogP contribution is 2.44. The van der Waals surface area contributed by atoms with Crippen LogP contribution in [-0.2, 0) is 14.3 Å². The molecule has 1 aliphatic rings. The van der Waals surface area contributed by atoms with E-state index in [2.05, 4.69) is 28.7 Å². The van der Waals surface area contributed by atoms with Crippen molar-refractivity contribution in [1.82, 2.24) is 10.6 Å². The second-order valence-electron chi connectivity index (χ2n) is 7.66. The molecule has 0 radical (unpaired) electrons. The second kappa shape index (κ2) is 10.5. The molecule has 3 N–H and O–H groups in total. The maximum atomic E-state index is 12.6. The Morgan fingerprint density at radius 3 is 2.22 bits per heavy atom. The van der Waals surface area contributed by atoms with Crippen molar-refractivity contribution in [2.75, 3.05) is 13.2 Å². The summed E-state index contributed by atoms with van der Waals surface area (Å²) in [5, 5.41) is 13.7. The first-order valence-electron chi connectivity index (χ1n) is 10.5. The van der Waals surface area contributed by atoms with Gasteiger partial charge >= 0.3 is 12.1 Å². The van der Waals surface area contributed by atoms with Gasteiger partial charge in [0.2, 0.25) is 5.91 Å². The minimum Gasteiger partial charge on any atom is -0.472 e. The van der Waals surface area contributed by atoms with E-state index in [-0.39, 0.29) is 25.0 Å². The third-order valence-corrected chi connectivity index (χ3v) is 5.66. The van der Waals surface area contributed by atoms with E-state index in [4.69, 9.17) is 9.84 Å². The molecule has 2 amide bonds. The molecule has 0 spiro atoms. The quantitative estimate of drug-likeness (QED) is 0.581. The summed E-state index contributed by atoms with van der Waals surface area (Å²) in [4.78, 5) is 35.5. The normalized spacial score (nSPS) is 13.6. The number of alkyl carbamates (subject to hydrolysis) is 1. The van der Waals surface area contributed by atoms with Crippen molar-refractivity contribution in [3.63, 3.8) is 0 Å². The van der Waals surface area contributed by atoms with Crippen LogP contribution in [0.15, 0.2) is 48.5 Å². The molecule has 0 unspecified atom stereocenters. The Labute approximate surface area is 187 Å². The monoisotopic (exact) mass is 434 g/mol. The number of hydrogen-bond acceptors (Lipinski definition) is 4. The number of carbonyl (C=O) groups is 3. The number of carbonyl (C=O) groups excluding carboxylic acids is 2. The van der Waals surface area contributed by atoms with Crippen molar-refractivity contribution in [2.45, 2.75) is 32.2 Å². The number of hydrogen-bond donors (Lipinski definition) is 3. The molecule has 2 aromatic rings. The number of aliphatic carboxylic acids is 1. The molecule has 7 heteroatoms. The Morgan fingerprint density at radius 2 is 1.66 bits per heavy atom. The number of fused-ring (bicyclic) bond motifs is 3. The van der Waals surface area contributed by atoms with Gasteiger partial charge in [0.25, 0.3) is 0 Å². The Hall–Kier alpha value is -3.79. The van der Waals surface area contributed by atoms with Crippen LogP contribution >= 0.6 is 0 Å². The van der Waals surface area contributed by atoms with Crippen LogP contribution in [-0.4, -0.2) is 42.3 Å². The predicted molar refractivity (Wildman–Crippen MR) is 120 cm³/mol. The molecule has 0 fully saturated rings. The zero-order valence-electron chi connectivity index (χ0n) is 18.1. The van der Waals surface area contributed by atoms with E-state index in [1.54, 1.807) is 0 Å². The van der Waals surface area contributed by atoms with Crippen LogP contribution in [0.1, 0.15) is 37.3 Å². The summed E-state index contributed by atoms with van der Waals surface area (Å²) >= 11 is 0. The number of amides is 2. The van der Waals surface area contributed by atoms with E-state index in [0.717, 1.165) is 22.3 Å². The summed E-state index contributed by atoms with van der Waals surface area (Å²) in [6.45, 7) is 3.79. The summed E-state index contributed by atoms with van der Waals surface area (Å²) < 4.78 is 5.54. The topological polar surface area (TPSA) is 105 Å². The molecule has 2 atom stereocenters.